The van der Waals surface area contributed by atoms with Gasteiger partial charge in [0.2, 0.25) is 0 Å². The zero-order valence-electron chi connectivity index (χ0n) is 14.2. The van der Waals surface area contributed by atoms with Crippen LogP contribution in [-0.2, 0) is 4.74 Å². The van der Waals surface area contributed by atoms with Crippen molar-refractivity contribution in [2.24, 2.45) is 23.7 Å². The molecule has 21 heavy (non-hydrogen) atoms. The number of hydrogen-bond donors (Lipinski definition) is 0. The Labute approximate surface area is 131 Å². The van der Waals surface area contributed by atoms with Crippen LogP contribution >= 0.6 is 0 Å². The molecule has 0 aliphatic heterocycles. The Morgan fingerprint density at radius 2 is 1.05 bits per heavy atom. The third kappa shape index (κ3) is 5.88. The first-order valence-electron chi connectivity index (χ1n) is 9.06. The van der Waals surface area contributed by atoms with Crippen LogP contribution in [0.2, 0.25) is 0 Å². The Morgan fingerprint density at radius 3 is 1.38 bits per heavy atom. The minimum absolute atomic E-state index is 0.789. The van der Waals surface area contributed by atoms with Crippen LogP contribution in [0.25, 0.3) is 0 Å². The topological polar surface area (TPSA) is 9.23 Å². The van der Waals surface area contributed by atoms with Crippen LogP contribution in [0.4, 0.5) is 0 Å². The summed E-state index contributed by atoms with van der Waals surface area (Å²) in [5.74, 6) is 5.31. The molecule has 0 radical (unpaired) electrons. The van der Waals surface area contributed by atoms with E-state index in [0.29, 0.717) is 0 Å². The van der Waals surface area contributed by atoms with E-state index in [4.69, 9.17) is 4.74 Å². The van der Waals surface area contributed by atoms with Crippen LogP contribution in [0, 0.1) is 23.7 Å². The third-order valence-corrected chi connectivity index (χ3v) is 5.59. The monoisotopic (exact) mass is 290 g/mol. The fraction of sp³-hybridized carbons (Fsp3) is 0.800. The van der Waals surface area contributed by atoms with Crippen LogP contribution < -0.4 is 0 Å². The highest BCUT2D eigenvalue weighted by atomic mass is 16.5. The van der Waals surface area contributed by atoms with Gasteiger partial charge in [-0.3, -0.25) is 0 Å². The molecule has 0 heterocycles. The second kappa shape index (κ2) is 8.06. The molecule has 0 spiro atoms. The summed E-state index contributed by atoms with van der Waals surface area (Å²) in [5, 5.41) is 0. The normalized spacial score (nSPS) is 33.4. The molecule has 0 amide bonds. The van der Waals surface area contributed by atoms with E-state index in [-0.39, 0.29) is 0 Å². The first kappa shape index (κ1) is 16.6. The molecule has 0 unspecified atom stereocenters. The van der Waals surface area contributed by atoms with Gasteiger partial charge in [0.15, 0.2) is 0 Å². The average Bonchev–Trinajstić information content (AvgIpc) is 2.44. The van der Waals surface area contributed by atoms with Crippen molar-refractivity contribution in [3.8, 4) is 0 Å². The summed E-state index contributed by atoms with van der Waals surface area (Å²) < 4.78 is 5.92. The lowest BCUT2D eigenvalue weighted by Gasteiger charge is -2.28. The molecule has 1 heteroatoms. The first-order valence-corrected chi connectivity index (χ1v) is 9.06. The standard InChI is InChI=1S/C20H34O/c1-15-5-9-19(10-6-15)13-17(3)21-18(4)14-20-11-7-16(2)8-12-20/h15-16,19-20H,3-14H2,1-2H3. The van der Waals surface area contributed by atoms with Crippen molar-refractivity contribution in [1.29, 1.82) is 0 Å². The highest BCUT2D eigenvalue weighted by Crippen LogP contribution is 2.35. The van der Waals surface area contributed by atoms with E-state index >= 15 is 0 Å². The van der Waals surface area contributed by atoms with Crippen molar-refractivity contribution in [2.45, 2.75) is 78.1 Å². The van der Waals surface area contributed by atoms with Gasteiger partial charge < -0.3 is 4.74 Å². The van der Waals surface area contributed by atoms with E-state index < -0.39 is 0 Å². The molecule has 2 saturated carbocycles. The highest BCUT2D eigenvalue weighted by Gasteiger charge is 2.21. The van der Waals surface area contributed by atoms with Crippen molar-refractivity contribution in [2.75, 3.05) is 0 Å². The maximum absolute atomic E-state index is 5.92. The van der Waals surface area contributed by atoms with Crippen LogP contribution in [0.5, 0.6) is 0 Å². The summed E-state index contributed by atoms with van der Waals surface area (Å²) in [7, 11) is 0. The van der Waals surface area contributed by atoms with Crippen molar-refractivity contribution in [1.82, 2.24) is 0 Å². The quantitative estimate of drug-likeness (QED) is 0.510. The molecule has 2 fully saturated rings. The van der Waals surface area contributed by atoms with Gasteiger partial charge in [0, 0.05) is 12.8 Å². The van der Waals surface area contributed by atoms with Gasteiger partial charge in [-0.25, -0.2) is 0 Å². The van der Waals surface area contributed by atoms with E-state index in [1.165, 1.54) is 51.4 Å². The molecule has 0 saturated heterocycles. The molecule has 2 aliphatic carbocycles. The van der Waals surface area contributed by atoms with Crippen molar-refractivity contribution >= 4 is 0 Å². The molecule has 120 valence electrons. The molecular formula is C20H34O. The number of hydrogen-bond acceptors (Lipinski definition) is 1. The van der Waals surface area contributed by atoms with Crippen molar-refractivity contribution in [3.05, 3.63) is 24.7 Å². The van der Waals surface area contributed by atoms with Crippen LogP contribution in [-0.4, -0.2) is 0 Å². The van der Waals surface area contributed by atoms with Gasteiger partial charge in [0.25, 0.3) is 0 Å². The molecule has 1 nitrogen and oxygen atoms in total. The lowest BCUT2D eigenvalue weighted by molar-refractivity contribution is 0.205. The van der Waals surface area contributed by atoms with E-state index in [1.807, 2.05) is 0 Å². The van der Waals surface area contributed by atoms with Gasteiger partial charge in [0.05, 0.1) is 11.5 Å². The van der Waals surface area contributed by atoms with E-state index in [2.05, 4.69) is 27.0 Å². The van der Waals surface area contributed by atoms with Gasteiger partial charge in [-0.2, -0.15) is 0 Å². The molecule has 0 aromatic rings. The molecule has 2 aliphatic rings. The fourth-order valence-corrected chi connectivity index (χ4v) is 4.00. The predicted molar refractivity (Wildman–Crippen MR) is 90.8 cm³/mol. The zero-order valence-corrected chi connectivity index (χ0v) is 14.2. The summed E-state index contributed by atoms with van der Waals surface area (Å²) in [6.45, 7) is 13.0. The number of ether oxygens (including phenoxy) is 1. The number of rotatable bonds is 6. The lowest BCUT2D eigenvalue weighted by atomic mass is 9.81. The van der Waals surface area contributed by atoms with Crippen LogP contribution in [0.15, 0.2) is 24.7 Å². The van der Waals surface area contributed by atoms with E-state index in [1.54, 1.807) is 0 Å². The Morgan fingerprint density at radius 1 is 0.714 bits per heavy atom. The highest BCUT2D eigenvalue weighted by molar-refractivity contribution is 4.96. The Bertz CT molecular complexity index is 307. The minimum Gasteiger partial charge on any atom is -0.467 e. The van der Waals surface area contributed by atoms with Gasteiger partial charge in [0.1, 0.15) is 0 Å². The van der Waals surface area contributed by atoms with Gasteiger partial charge in [-0.15, -0.1) is 0 Å². The van der Waals surface area contributed by atoms with Gasteiger partial charge in [-0.1, -0.05) is 52.7 Å². The molecule has 0 atom stereocenters. The van der Waals surface area contributed by atoms with Gasteiger partial charge >= 0.3 is 0 Å². The fourth-order valence-electron chi connectivity index (χ4n) is 4.00. The lowest BCUT2D eigenvalue weighted by Crippen LogP contribution is -2.14. The maximum Gasteiger partial charge on any atom is 0.0967 e. The van der Waals surface area contributed by atoms with Crippen LogP contribution in [0.1, 0.15) is 78.1 Å². The molecule has 0 N–H and O–H groups in total. The Kier molecular flexibility index (Phi) is 6.39. The summed E-state index contributed by atoms with van der Waals surface area (Å²) in [5.41, 5.74) is 0. The summed E-state index contributed by atoms with van der Waals surface area (Å²) in [4.78, 5) is 0. The van der Waals surface area contributed by atoms with E-state index in [9.17, 15) is 0 Å². The summed E-state index contributed by atoms with van der Waals surface area (Å²) in [6, 6.07) is 0. The second-order valence-corrected chi connectivity index (χ2v) is 7.84. The zero-order chi connectivity index (χ0) is 15.2. The van der Waals surface area contributed by atoms with Crippen molar-refractivity contribution < 1.29 is 4.74 Å². The SMILES string of the molecule is C=C(CC1CCC(C)CC1)OC(=C)CC1CCC(C)CC1. The molecule has 2 rings (SSSR count). The first-order chi connectivity index (χ1) is 10.0. The summed E-state index contributed by atoms with van der Waals surface area (Å²) in [6.07, 6.45) is 12.9. The van der Waals surface area contributed by atoms with Crippen molar-refractivity contribution in [3.63, 3.8) is 0 Å². The third-order valence-electron chi connectivity index (χ3n) is 5.59. The largest absolute Gasteiger partial charge is 0.467 e. The molecule has 0 bridgehead atoms. The van der Waals surface area contributed by atoms with Gasteiger partial charge in [-0.05, 0) is 49.4 Å². The Balaban J connectivity index is 1.64. The average molecular weight is 290 g/mol. The maximum atomic E-state index is 5.92. The smallest absolute Gasteiger partial charge is 0.0967 e. The molecule has 0 aromatic carbocycles. The predicted octanol–water partition coefficient (Wildman–Crippen LogP) is 6.46. The van der Waals surface area contributed by atoms with Crippen LogP contribution in [0.3, 0.4) is 0 Å². The minimum atomic E-state index is 0.789. The molecule has 0 aromatic heterocycles. The van der Waals surface area contributed by atoms with E-state index in [0.717, 1.165) is 48.0 Å². The Hall–Kier alpha value is -0.720. The second-order valence-electron chi connectivity index (χ2n) is 7.84. The molecular weight excluding hydrogens is 256 g/mol. The number of allylic oxidation sites excluding steroid dienone is 2. The summed E-state index contributed by atoms with van der Waals surface area (Å²) >= 11 is 0.